The Morgan fingerprint density at radius 2 is 2.00 bits per heavy atom. The van der Waals surface area contributed by atoms with Crippen molar-refractivity contribution < 1.29 is 4.79 Å². The quantitative estimate of drug-likeness (QED) is 0.612. The summed E-state index contributed by atoms with van der Waals surface area (Å²) in [5.41, 5.74) is 0.681. The molecule has 1 N–H and O–H groups in total. The first-order valence-corrected chi connectivity index (χ1v) is 7.05. The third-order valence-corrected chi connectivity index (χ3v) is 2.96. The van der Waals surface area contributed by atoms with Crippen LogP contribution in [0, 0.1) is 17.8 Å². The minimum Gasteiger partial charge on any atom is -0.341 e. The van der Waals surface area contributed by atoms with Gasteiger partial charge in [0, 0.05) is 11.5 Å². The molecule has 2 nitrogen and oxygen atoms in total. The van der Waals surface area contributed by atoms with Crippen molar-refractivity contribution in [3.63, 3.8) is 0 Å². The molecule has 1 amide bonds. The maximum atomic E-state index is 11.7. The standard InChI is InChI=1S/C17H23NO/c1-3-4-6-10-15(2)11-9-14-18-17(19)16-12-7-5-8-13-16/h5,7-8,12-13,15H,3-4,6,10,14H2,1-2H3,(H,18,19). The number of unbranched alkanes of at least 4 members (excludes halogenated alkanes) is 2. The Hall–Kier alpha value is -1.75. The highest BCUT2D eigenvalue weighted by molar-refractivity contribution is 5.94. The van der Waals surface area contributed by atoms with E-state index in [2.05, 4.69) is 31.0 Å². The van der Waals surface area contributed by atoms with E-state index in [0.717, 1.165) is 6.42 Å². The fourth-order valence-corrected chi connectivity index (χ4v) is 1.81. The normalized spacial score (nSPS) is 11.3. The minimum atomic E-state index is -0.0615. The van der Waals surface area contributed by atoms with Crippen LogP contribution in [0.5, 0.6) is 0 Å². The Morgan fingerprint density at radius 1 is 1.26 bits per heavy atom. The van der Waals surface area contributed by atoms with E-state index in [0.29, 0.717) is 18.0 Å². The average molecular weight is 257 g/mol. The van der Waals surface area contributed by atoms with Crippen molar-refractivity contribution in [1.29, 1.82) is 0 Å². The molecule has 0 aliphatic rings. The summed E-state index contributed by atoms with van der Waals surface area (Å²) in [4.78, 5) is 11.7. The second kappa shape index (κ2) is 9.22. The van der Waals surface area contributed by atoms with Gasteiger partial charge in [-0.3, -0.25) is 4.79 Å². The lowest BCUT2D eigenvalue weighted by atomic mass is 10.0. The van der Waals surface area contributed by atoms with E-state index >= 15 is 0 Å². The molecule has 0 saturated carbocycles. The molecule has 1 rings (SSSR count). The third kappa shape index (κ3) is 6.67. The van der Waals surface area contributed by atoms with E-state index in [1.54, 1.807) is 12.1 Å². The molecule has 1 unspecified atom stereocenters. The summed E-state index contributed by atoms with van der Waals surface area (Å²) in [6.45, 7) is 4.77. The number of amides is 1. The van der Waals surface area contributed by atoms with Crippen LogP contribution in [0.3, 0.4) is 0 Å². The van der Waals surface area contributed by atoms with Crippen molar-refractivity contribution in [2.75, 3.05) is 6.54 Å². The van der Waals surface area contributed by atoms with E-state index in [-0.39, 0.29) is 5.91 Å². The Bertz CT molecular complexity index is 428. The number of hydrogen-bond acceptors (Lipinski definition) is 1. The van der Waals surface area contributed by atoms with E-state index in [1.807, 2.05) is 18.2 Å². The predicted molar refractivity (Wildman–Crippen MR) is 79.9 cm³/mol. The highest BCUT2D eigenvalue weighted by Gasteiger charge is 2.01. The van der Waals surface area contributed by atoms with Gasteiger partial charge >= 0.3 is 0 Å². The zero-order chi connectivity index (χ0) is 13.9. The largest absolute Gasteiger partial charge is 0.341 e. The van der Waals surface area contributed by atoms with Gasteiger partial charge in [-0.05, 0) is 18.6 Å². The van der Waals surface area contributed by atoms with Gasteiger partial charge in [0.15, 0.2) is 0 Å². The van der Waals surface area contributed by atoms with E-state index < -0.39 is 0 Å². The Morgan fingerprint density at radius 3 is 2.68 bits per heavy atom. The number of nitrogens with one attached hydrogen (secondary N) is 1. The molecule has 0 aliphatic carbocycles. The average Bonchev–Trinajstić information content (AvgIpc) is 2.44. The van der Waals surface area contributed by atoms with Gasteiger partial charge in [0.05, 0.1) is 6.54 Å². The van der Waals surface area contributed by atoms with Gasteiger partial charge in [-0.15, -0.1) is 0 Å². The molecular formula is C17H23NO. The summed E-state index contributed by atoms with van der Waals surface area (Å²) in [7, 11) is 0. The maximum absolute atomic E-state index is 11.7. The summed E-state index contributed by atoms with van der Waals surface area (Å²) in [5.74, 6) is 6.57. The number of carbonyl (C=O) groups is 1. The topological polar surface area (TPSA) is 29.1 Å². The number of carbonyl (C=O) groups excluding carboxylic acids is 1. The lowest BCUT2D eigenvalue weighted by Gasteiger charge is -2.03. The third-order valence-electron chi connectivity index (χ3n) is 2.96. The van der Waals surface area contributed by atoms with Crippen LogP contribution >= 0.6 is 0 Å². The van der Waals surface area contributed by atoms with Crippen LogP contribution in [0.1, 0.15) is 49.9 Å². The lowest BCUT2D eigenvalue weighted by molar-refractivity contribution is 0.0958. The summed E-state index contributed by atoms with van der Waals surface area (Å²) in [5, 5.41) is 2.81. The van der Waals surface area contributed by atoms with Crippen LogP contribution in [0.2, 0.25) is 0 Å². The molecular weight excluding hydrogens is 234 g/mol. The lowest BCUT2D eigenvalue weighted by Crippen LogP contribution is -2.23. The second-order valence-electron chi connectivity index (χ2n) is 4.77. The maximum Gasteiger partial charge on any atom is 0.252 e. The van der Waals surface area contributed by atoms with E-state index in [1.165, 1.54) is 19.3 Å². The van der Waals surface area contributed by atoms with Crippen LogP contribution in [0.4, 0.5) is 0 Å². The molecule has 102 valence electrons. The molecule has 0 fully saturated rings. The highest BCUT2D eigenvalue weighted by atomic mass is 16.1. The van der Waals surface area contributed by atoms with Crippen molar-refractivity contribution in [2.45, 2.75) is 39.5 Å². The first kappa shape index (κ1) is 15.3. The van der Waals surface area contributed by atoms with Crippen LogP contribution in [0.25, 0.3) is 0 Å². The summed E-state index contributed by atoms with van der Waals surface area (Å²) >= 11 is 0. The van der Waals surface area contributed by atoms with Gasteiger partial charge < -0.3 is 5.32 Å². The number of hydrogen-bond donors (Lipinski definition) is 1. The van der Waals surface area contributed by atoms with Gasteiger partial charge in [0.1, 0.15) is 0 Å². The van der Waals surface area contributed by atoms with Crippen LogP contribution < -0.4 is 5.32 Å². The van der Waals surface area contributed by atoms with Crippen molar-refractivity contribution in [3.05, 3.63) is 35.9 Å². The van der Waals surface area contributed by atoms with Gasteiger partial charge in [-0.25, -0.2) is 0 Å². The molecule has 0 spiro atoms. The van der Waals surface area contributed by atoms with Crippen molar-refractivity contribution >= 4 is 5.91 Å². The minimum absolute atomic E-state index is 0.0615. The molecule has 2 heteroatoms. The van der Waals surface area contributed by atoms with Crippen LogP contribution in [0.15, 0.2) is 30.3 Å². The molecule has 0 saturated heterocycles. The van der Waals surface area contributed by atoms with Crippen LogP contribution in [-0.4, -0.2) is 12.5 Å². The second-order valence-corrected chi connectivity index (χ2v) is 4.77. The summed E-state index contributed by atoms with van der Waals surface area (Å²) < 4.78 is 0. The van der Waals surface area contributed by atoms with Gasteiger partial charge in [-0.1, -0.05) is 63.1 Å². The zero-order valence-electron chi connectivity index (χ0n) is 11.9. The fourth-order valence-electron chi connectivity index (χ4n) is 1.81. The van der Waals surface area contributed by atoms with E-state index in [9.17, 15) is 4.79 Å². The molecule has 0 radical (unpaired) electrons. The van der Waals surface area contributed by atoms with Crippen molar-refractivity contribution in [1.82, 2.24) is 5.32 Å². The molecule has 0 bridgehead atoms. The SMILES string of the molecule is CCCCCC(C)C#CCNC(=O)c1ccccc1. The predicted octanol–water partition coefficient (Wildman–Crippen LogP) is 3.64. The van der Waals surface area contributed by atoms with E-state index in [4.69, 9.17) is 0 Å². The highest BCUT2D eigenvalue weighted by Crippen LogP contribution is 2.07. The number of benzene rings is 1. The molecule has 0 heterocycles. The Balaban J connectivity index is 2.25. The molecule has 19 heavy (non-hydrogen) atoms. The fraction of sp³-hybridized carbons (Fsp3) is 0.471. The van der Waals surface area contributed by atoms with Crippen LogP contribution in [-0.2, 0) is 0 Å². The first-order chi connectivity index (χ1) is 9.24. The molecule has 0 aromatic heterocycles. The summed E-state index contributed by atoms with van der Waals surface area (Å²) in [6, 6.07) is 9.22. The molecule has 1 aromatic rings. The Kier molecular flexibility index (Phi) is 7.43. The van der Waals surface area contributed by atoms with Crippen molar-refractivity contribution in [2.24, 2.45) is 5.92 Å². The molecule has 0 aliphatic heterocycles. The van der Waals surface area contributed by atoms with Gasteiger partial charge in [0.25, 0.3) is 5.91 Å². The summed E-state index contributed by atoms with van der Waals surface area (Å²) in [6.07, 6.45) is 4.90. The monoisotopic (exact) mass is 257 g/mol. The zero-order valence-corrected chi connectivity index (χ0v) is 11.9. The molecule has 1 aromatic carbocycles. The first-order valence-electron chi connectivity index (χ1n) is 7.05. The molecule has 1 atom stereocenters. The van der Waals surface area contributed by atoms with Gasteiger partial charge in [-0.2, -0.15) is 0 Å². The van der Waals surface area contributed by atoms with Crippen molar-refractivity contribution in [3.8, 4) is 11.8 Å². The number of rotatable bonds is 6. The Labute approximate surface area is 116 Å². The van der Waals surface area contributed by atoms with Gasteiger partial charge in [0.2, 0.25) is 0 Å². The smallest absolute Gasteiger partial charge is 0.252 e.